The number of nitrogens with zero attached hydrogens (tertiary/aromatic N) is 1. The monoisotopic (exact) mass is 366 g/mol. The zero-order chi connectivity index (χ0) is 15.2. The molecular weight excluding hydrogens is 344 g/mol. The van der Waals surface area contributed by atoms with Crippen molar-refractivity contribution in [2.45, 2.75) is 32.2 Å². The number of hydrogen-bond donors (Lipinski definition) is 1. The van der Waals surface area contributed by atoms with E-state index >= 15 is 0 Å². The van der Waals surface area contributed by atoms with Crippen molar-refractivity contribution in [1.29, 1.82) is 0 Å². The molecule has 0 bridgehead atoms. The van der Waals surface area contributed by atoms with Gasteiger partial charge in [-0.3, -0.25) is 0 Å². The zero-order valence-corrected chi connectivity index (χ0v) is 15.1. The van der Waals surface area contributed by atoms with Gasteiger partial charge in [0.05, 0.1) is 0 Å². The number of rotatable bonds is 7. The first kappa shape index (κ1) is 16.5. The van der Waals surface area contributed by atoms with Gasteiger partial charge >= 0.3 is 0 Å². The summed E-state index contributed by atoms with van der Waals surface area (Å²) in [6, 6.07) is 11.1. The fourth-order valence-corrected chi connectivity index (χ4v) is 3.45. The Balaban J connectivity index is 1.98. The Kier molecular flexibility index (Phi) is 6.27. The van der Waals surface area contributed by atoms with Crippen LogP contribution < -0.4 is 10.6 Å². The number of likely N-dealkylation sites (N-methyl/N-ethyl adjacent to an activating group) is 1. The van der Waals surface area contributed by atoms with Crippen molar-refractivity contribution < 1.29 is 0 Å². The molecule has 1 unspecified atom stereocenters. The van der Waals surface area contributed by atoms with Gasteiger partial charge in [-0.2, -0.15) is 0 Å². The topological polar surface area (TPSA) is 29.3 Å². The molecule has 2 nitrogen and oxygen atoms in total. The molecule has 0 fully saturated rings. The molecular formula is C17H23BrN2S. The number of nitrogens with two attached hydrogens (primary N) is 1. The lowest BCUT2D eigenvalue weighted by molar-refractivity contribution is 0.645. The second kappa shape index (κ2) is 7.97. The van der Waals surface area contributed by atoms with E-state index in [0.29, 0.717) is 0 Å². The molecule has 114 valence electrons. The number of benzene rings is 1. The molecule has 1 aromatic carbocycles. The molecule has 0 aliphatic rings. The van der Waals surface area contributed by atoms with Gasteiger partial charge in [0.2, 0.25) is 0 Å². The van der Waals surface area contributed by atoms with Crippen LogP contribution in [0.4, 0.5) is 5.69 Å². The van der Waals surface area contributed by atoms with Gasteiger partial charge in [0.1, 0.15) is 0 Å². The van der Waals surface area contributed by atoms with E-state index in [2.05, 4.69) is 70.5 Å². The molecule has 0 saturated heterocycles. The molecule has 0 aliphatic heterocycles. The summed E-state index contributed by atoms with van der Waals surface area (Å²) in [7, 11) is 2.15. The lowest BCUT2D eigenvalue weighted by Gasteiger charge is -2.20. The normalized spacial score (nSPS) is 12.4. The highest BCUT2D eigenvalue weighted by molar-refractivity contribution is 9.10. The molecule has 0 saturated carbocycles. The van der Waals surface area contributed by atoms with E-state index < -0.39 is 0 Å². The Hall–Kier alpha value is -0.840. The largest absolute Gasteiger partial charge is 0.374 e. The van der Waals surface area contributed by atoms with Gasteiger partial charge in [0.15, 0.2) is 0 Å². The van der Waals surface area contributed by atoms with E-state index in [9.17, 15) is 0 Å². The fraction of sp³-hybridized carbons (Fsp3) is 0.412. The highest BCUT2D eigenvalue weighted by Gasteiger charge is 2.08. The van der Waals surface area contributed by atoms with E-state index in [1.807, 2.05) is 11.3 Å². The number of anilines is 1. The molecule has 0 aliphatic carbocycles. The number of hydrogen-bond acceptors (Lipinski definition) is 3. The summed E-state index contributed by atoms with van der Waals surface area (Å²) < 4.78 is 1.16. The van der Waals surface area contributed by atoms with Crippen LogP contribution in [0.2, 0.25) is 0 Å². The van der Waals surface area contributed by atoms with Crippen molar-refractivity contribution in [1.82, 2.24) is 0 Å². The predicted octanol–water partition coefficient (Wildman–Crippen LogP) is 4.47. The van der Waals surface area contributed by atoms with E-state index in [-0.39, 0.29) is 6.04 Å². The maximum Gasteiger partial charge on any atom is 0.0375 e. The van der Waals surface area contributed by atoms with Crippen LogP contribution in [-0.2, 0) is 12.8 Å². The molecule has 0 spiro atoms. The fourth-order valence-electron chi connectivity index (χ4n) is 2.23. The van der Waals surface area contributed by atoms with Gasteiger partial charge in [-0.05, 0) is 48.4 Å². The number of halogens is 1. The van der Waals surface area contributed by atoms with Crippen LogP contribution in [0.1, 0.15) is 23.8 Å². The van der Waals surface area contributed by atoms with Crippen molar-refractivity contribution in [3.63, 3.8) is 0 Å². The first-order valence-corrected chi connectivity index (χ1v) is 9.05. The minimum atomic E-state index is 0.240. The van der Waals surface area contributed by atoms with Gasteiger partial charge in [0.25, 0.3) is 0 Å². The van der Waals surface area contributed by atoms with Crippen molar-refractivity contribution >= 4 is 33.0 Å². The van der Waals surface area contributed by atoms with Crippen LogP contribution >= 0.6 is 27.3 Å². The molecule has 1 aromatic heterocycles. The molecule has 21 heavy (non-hydrogen) atoms. The summed E-state index contributed by atoms with van der Waals surface area (Å²) in [5.74, 6) is 0. The summed E-state index contributed by atoms with van der Waals surface area (Å²) in [6.45, 7) is 3.16. The molecule has 0 radical (unpaired) electrons. The van der Waals surface area contributed by atoms with Crippen LogP contribution in [-0.4, -0.2) is 19.6 Å². The molecule has 1 heterocycles. The second-order valence-corrected chi connectivity index (χ2v) is 7.29. The molecule has 2 rings (SSSR count). The van der Waals surface area contributed by atoms with Crippen LogP contribution in [0.25, 0.3) is 0 Å². The third-order valence-electron chi connectivity index (χ3n) is 3.76. The van der Waals surface area contributed by atoms with E-state index in [1.54, 1.807) is 0 Å². The lowest BCUT2D eigenvalue weighted by Crippen LogP contribution is -2.22. The predicted molar refractivity (Wildman–Crippen MR) is 97.4 cm³/mol. The van der Waals surface area contributed by atoms with Crippen molar-refractivity contribution in [3.8, 4) is 0 Å². The lowest BCUT2D eigenvalue weighted by atomic mass is 10.0. The van der Waals surface area contributed by atoms with Gasteiger partial charge in [-0.1, -0.05) is 35.0 Å². The summed E-state index contributed by atoms with van der Waals surface area (Å²) in [4.78, 5) is 3.74. The highest BCUT2D eigenvalue weighted by atomic mass is 79.9. The molecule has 4 heteroatoms. The van der Waals surface area contributed by atoms with E-state index in [4.69, 9.17) is 5.73 Å². The Bertz CT molecular complexity index is 554. The second-order valence-electron chi connectivity index (χ2n) is 5.40. The number of thiophene rings is 1. The van der Waals surface area contributed by atoms with Gasteiger partial charge in [0, 0.05) is 34.7 Å². The Morgan fingerprint density at radius 3 is 2.76 bits per heavy atom. The third kappa shape index (κ3) is 4.83. The van der Waals surface area contributed by atoms with E-state index in [0.717, 1.165) is 30.3 Å². The molecule has 1 atom stereocenters. The smallest absolute Gasteiger partial charge is 0.0375 e. The van der Waals surface area contributed by atoms with Crippen LogP contribution in [0.5, 0.6) is 0 Å². The Morgan fingerprint density at radius 1 is 1.33 bits per heavy atom. The summed E-state index contributed by atoms with van der Waals surface area (Å²) in [5, 5.41) is 2.14. The first-order valence-electron chi connectivity index (χ1n) is 7.37. The molecule has 2 N–H and O–H groups in total. The standard InChI is InChI=1S/C17H23BrN2S/c1-3-14(19)11-13-6-7-15(12-17(13)18)20(2)9-8-16-5-4-10-21-16/h4-7,10,12,14H,3,8-9,11,19H2,1-2H3. The van der Waals surface area contributed by atoms with Gasteiger partial charge in [-0.25, -0.2) is 0 Å². The quantitative estimate of drug-likeness (QED) is 0.782. The van der Waals surface area contributed by atoms with Crippen LogP contribution in [0, 0.1) is 0 Å². The van der Waals surface area contributed by atoms with Crippen molar-refractivity contribution in [2.24, 2.45) is 5.73 Å². The van der Waals surface area contributed by atoms with Gasteiger partial charge < -0.3 is 10.6 Å². The van der Waals surface area contributed by atoms with Crippen molar-refractivity contribution in [3.05, 3.63) is 50.6 Å². The van der Waals surface area contributed by atoms with E-state index in [1.165, 1.54) is 16.1 Å². The maximum absolute atomic E-state index is 6.04. The SMILES string of the molecule is CCC(N)Cc1ccc(N(C)CCc2cccs2)cc1Br. The molecule has 0 amide bonds. The van der Waals surface area contributed by atoms with Crippen LogP contribution in [0.15, 0.2) is 40.2 Å². The third-order valence-corrected chi connectivity index (χ3v) is 5.43. The summed E-state index contributed by atoms with van der Waals surface area (Å²) >= 11 is 5.51. The molecule has 2 aromatic rings. The minimum absolute atomic E-state index is 0.240. The van der Waals surface area contributed by atoms with Crippen LogP contribution in [0.3, 0.4) is 0 Å². The average molecular weight is 367 g/mol. The highest BCUT2D eigenvalue weighted by Crippen LogP contribution is 2.25. The summed E-state index contributed by atoms with van der Waals surface area (Å²) in [5.41, 5.74) is 8.58. The van der Waals surface area contributed by atoms with Crippen molar-refractivity contribution in [2.75, 3.05) is 18.5 Å². The Morgan fingerprint density at radius 2 is 2.14 bits per heavy atom. The van der Waals surface area contributed by atoms with Gasteiger partial charge in [-0.15, -0.1) is 11.3 Å². The average Bonchev–Trinajstić information content (AvgIpc) is 3.00. The minimum Gasteiger partial charge on any atom is -0.374 e. The zero-order valence-electron chi connectivity index (χ0n) is 12.7. The summed E-state index contributed by atoms with van der Waals surface area (Å²) in [6.07, 6.45) is 3.03. The first-order chi connectivity index (χ1) is 10.1. The Labute approximate surface area is 140 Å². The maximum atomic E-state index is 6.04.